The molecule has 0 N–H and O–H groups in total. The van der Waals surface area contributed by atoms with Crippen LogP contribution in [0, 0.1) is 17.0 Å². The molecule has 0 aliphatic heterocycles. The van der Waals surface area contributed by atoms with Gasteiger partial charge in [-0.3, -0.25) is 14.9 Å². The lowest BCUT2D eigenvalue weighted by Crippen LogP contribution is -2.11. The van der Waals surface area contributed by atoms with Crippen LogP contribution in [0.25, 0.3) is 0 Å². The van der Waals surface area contributed by atoms with E-state index in [1.165, 1.54) is 18.9 Å². The van der Waals surface area contributed by atoms with Gasteiger partial charge in [0.1, 0.15) is 5.69 Å². The molecule has 0 aliphatic carbocycles. The van der Waals surface area contributed by atoms with Gasteiger partial charge in [-0.2, -0.15) is 5.10 Å². The topological polar surface area (TPSA) is 87.3 Å². The van der Waals surface area contributed by atoms with E-state index in [-0.39, 0.29) is 29.4 Å². The summed E-state index contributed by atoms with van der Waals surface area (Å²) in [6.45, 7) is 7.26. The van der Waals surface area contributed by atoms with Crippen LogP contribution in [0.4, 0.5) is 5.69 Å². The smallest absolute Gasteiger partial charge is 0.323 e. The molecule has 1 heterocycles. The normalized spacial score (nSPS) is 12.5. The number of rotatable bonds is 6. The third-order valence-electron chi connectivity index (χ3n) is 2.68. The van der Waals surface area contributed by atoms with Gasteiger partial charge in [0.05, 0.1) is 18.5 Å². The van der Waals surface area contributed by atoms with Crippen LogP contribution in [0.5, 0.6) is 0 Å². The minimum absolute atomic E-state index is 0.00947. The molecule has 1 aromatic rings. The van der Waals surface area contributed by atoms with E-state index >= 15 is 0 Å². The largest absolute Gasteiger partial charge is 0.469 e. The summed E-state index contributed by atoms with van der Waals surface area (Å²) in [5.41, 5.74) is 0.400. The maximum Gasteiger partial charge on any atom is 0.323 e. The zero-order valence-corrected chi connectivity index (χ0v) is 13.1. The minimum Gasteiger partial charge on any atom is -0.469 e. The summed E-state index contributed by atoms with van der Waals surface area (Å²) in [7, 11) is 1.32. The number of esters is 1. The molecule has 0 aromatic carbocycles. The summed E-state index contributed by atoms with van der Waals surface area (Å²) in [5, 5.41) is 15.8. The molecule has 1 rings (SSSR count). The average molecular weight is 301 g/mol. The number of carbonyl (C=O) groups excluding carboxylic acids is 1. The first-order valence-corrected chi connectivity index (χ1v) is 7.12. The average Bonchev–Trinajstić information content (AvgIpc) is 2.65. The van der Waals surface area contributed by atoms with Crippen molar-refractivity contribution in [2.24, 2.45) is 0 Å². The van der Waals surface area contributed by atoms with Crippen molar-refractivity contribution >= 4 is 23.4 Å². The van der Waals surface area contributed by atoms with Gasteiger partial charge in [-0.1, -0.05) is 18.7 Å². The lowest BCUT2D eigenvalue weighted by atomic mass is 10.3. The Morgan fingerprint density at radius 3 is 2.55 bits per heavy atom. The van der Waals surface area contributed by atoms with Crippen LogP contribution >= 0.6 is 11.8 Å². The molecule has 0 saturated carbocycles. The number of carbonyl (C=O) groups is 1. The van der Waals surface area contributed by atoms with Crippen LogP contribution in [0.15, 0.2) is 5.03 Å². The SMILES string of the molecule is COC(=O)CC(C)Sc1c([N+](=O)[O-])c(C)nn1C(C)C. The zero-order chi connectivity index (χ0) is 15.4. The first-order valence-electron chi connectivity index (χ1n) is 6.24. The van der Waals surface area contributed by atoms with Crippen molar-refractivity contribution in [2.45, 2.75) is 50.4 Å². The fraction of sp³-hybridized carbons (Fsp3) is 0.667. The van der Waals surface area contributed by atoms with E-state index < -0.39 is 4.92 Å². The highest BCUT2D eigenvalue weighted by molar-refractivity contribution is 8.00. The van der Waals surface area contributed by atoms with Crippen molar-refractivity contribution < 1.29 is 14.5 Å². The van der Waals surface area contributed by atoms with Crippen molar-refractivity contribution in [3.63, 3.8) is 0 Å². The van der Waals surface area contributed by atoms with Crippen molar-refractivity contribution in [3.8, 4) is 0 Å². The Labute approximate surface area is 121 Å². The lowest BCUT2D eigenvalue weighted by molar-refractivity contribution is -0.388. The van der Waals surface area contributed by atoms with Crippen molar-refractivity contribution in [1.82, 2.24) is 9.78 Å². The van der Waals surface area contributed by atoms with E-state index in [1.807, 2.05) is 20.8 Å². The maximum absolute atomic E-state index is 11.3. The van der Waals surface area contributed by atoms with Gasteiger partial charge >= 0.3 is 11.7 Å². The molecule has 20 heavy (non-hydrogen) atoms. The van der Waals surface area contributed by atoms with Gasteiger partial charge in [-0.05, 0) is 20.8 Å². The molecule has 112 valence electrons. The Bertz CT molecular complexity index is 513. The van der Waals surface area contributed by atoms with Crippen LogP contribution in [-0.4, -0.2) is 33.0 Å². The van der Waals surface area contributed by atoms with E-state index in [1.54, 1.807) is 11.6 Å². The molecule has 1 aromatic heterocycles. The summed E-state index contributed by atoms with van der Waals surface area (Å²) in [6, 6.07) is 0.00947. The second kappa shape index (κ2) is 6.74. The maximum atomic E-state index is 11.3. The Morgan fingerprint density at radius 2 is 2.10 bits per heavy atom. The Morgan fingerprint density at radius 1 is 1.50 bits per heavy atom. The predicted molar refractivity (Wildman–Crippen MR) is 76.0 cm³/mol. The number of ether oxygens (including phenoxy) is 1. The molecule has 0 radical (unpaired) electrons. The van der Waals surface area contributed by atoms with E-state index in [4.69, 9.17) is 0 Å². The van der Waals surface area contributed by atoms with E-state index in [0.29, 0.717) is 10.7 Å². The number of nitro groups is 1. The molecule has 0 saturated heterocycles. The lowest BCUT2D eigenvalue weighted by Gasteiger charge is -2.13. The van der Waals surface area contributed by atoms with Crippen LogP contribution < -0.4 is 0 Å². The monoisotopic (exact) mass is 301 g/mol. The van der Waals surface area contributed by atoms with Crippen LogP contribution in [0.2, 0.25) is 0 Å². The number of hydrogen-bond acceptors (Lipinski definition) is 6. The molecule has 0 aliphatic rings. The molecule has 0 amide bonds. The molecule has 0 fully saturated rings. The Hall–Kier alpha value is -1.57. The van der Waals surface area contributed by atoms with Crippen LogP contribution in [-0.2, 0) is 9.53 Å². The van der Waals surface area contributed by atoms with Crippen molar-refractivity contribution in [2.75, 3.05) is 7.11 Å². The molecule has 8 heteroatoms. The first kappa shape index (κ1) is 16.5. The van der Waals surface area contributed by atoms with Gasteiger partial charge in [-0.15, -0.1) is 0 Å². The van der Waals surface area contributed by atoms with Gasteiger partial charge in [0.25, 0.3) is 0 Å². The third-order valence-corrected chi connectivity index (χ3v) is 3.85. The first-order chi connectivity index (χ1) is 9.27. The molecular formula is C12H19N3O4S. The summed E-state index contributed by atoms with van der Waals surface area (Å²) < 4.78 is 6.24. The summed E-state index contributed by atoms with van der Waals surface area (Å²) in [5.74, 6) is -0.333. The van der Waals surface area contributed by atoms with Gasteiger partial charge in [-0.25, -0.2) is 4.68 Å². The highest BCUT2D eigenvalue weighted by Gasteiger charge is 2.28. The minimum atomic E-state index is -0.422. The zero-order valence-electron chi connectivity index (χ0n) is 12.2. The number of aromatic nitrogens is 2. The molecule has 1 unspecified atom stereocenters. The molecule has 7 nitrogen and oxygen atoms in total. The van der Waals surface area contributed by atoms with Crippen molar-refractivity contribution in [3.05, 3.63) is 15.8 Å². The van der Waals surface area contributed by atoms with E-state index in [2.05, 4.69) is 9.84 Å². The number of hydrogen-bond donors (Lipinski definition) is 0. The number of thioether (sulfide) groups is 1. The fourth-order valence-electron chi connectivity index (χ4n) is 1.74. The molecule has 1 atom stereocenters. The second-order valence-electron chi connectivity index (χ2n) is 4.74. The summed E-state index contributed by atoms with van der Waals surface area (Å²) in [6.07, 6.45) is 0.195. The third kappa shape index (κ3) is 3.72. The van der Waals surface area contributed by atoms with E-state index in [9.17, 15) is 14.9 Å². The van der Waals surface area contributed by atoms with Crippen LogP contribution in [0.3, 0.4) is 0 Å². The Kier molecular flexibility index (Phi) is 5.55. The molecule has 0 bridgehead atoms. The standard InChI is InChI=1S/C12H19N3O4S/c1-7(2)14-12(11(15(17)18)9(4)13-14)20-8(3)6-10(16)19-5/h7-8H,6H2,1-5H3. The number of nitrogens with zero attached hydrogens (tertiary/aromatic N) is 3. The fourth-order valence-corrected chi connectivity index (χ4v) is 3.03. The summed E-state index contributed by atoms with van der Waals surface area (Å²) >= 11 is 1.28. The van der Waals surface area contributed by atoms with Gasteiger partial charge in [0, 0.05) is 11.3 Å². The van der Waals surface area contributed by atoms with Crippen LogP contribution in [0.1, 0.15) is 38.9 Å². The van der Waals surface area contributed by atoms with Crippen molar-refractivity contribution in [1.29, 1.82) is 0 Å². The number of methoxy groups -OCH3 is 1. The number of aryl methyl sites for hydroxylation is 1. The summed E-state index contributed by atoms with van der Waals surface area (Å²) in [4.78, 5) is 22.0. The molecule has 0 spiro atoms. The Balaban J connectivity index is 3.08. The van der Waals surface area contributed by atoms with Gasteiger partial charge < -0.3 is 4.74 Å². The highest BCUT2D eigenvalue weighted by Crippen LogP contribution is 2.37. The molecular weight excluding hydrogens is 282 g/mol. The second-order valence-corrected chi connectivity index (χ2v) is 6.17. The predicted octanol–water partition coefficient (Wildman–Crippen LogP) is 2.72. The van der Waals surface area contributed by atoms with Gasteiger partial charge in [0.15, 0.2) is 5.03 Å². The quantitative estimate of drug-likeness (QED) is 0.347. The highest BCUT2D eigenvalue weighted by atomic mass is 32.2. The van der Waals surface area contributed by atoms with E-state index in [0.717, 1.165) is 0 Å². The van der Waals surface area contributed by atoms with Gasteiger partial charge in [0.2, 0.25) is 0 Å².